The van der Waals surface area contributed by atoms with Gasteiger partial charge in [0.1, 0.15) is 0 Å². The van der Waals surface area contributed by atoms with Gasteiger partial charge in [-0.2, -0.15) is 0 Å². The Bertz CT molecular complexity index is 330. The van der Waals surface area contributed by atoms with Gasteiger partial charge in [-0.25, -0.2) is 0 Å². The smallest absolute Gasteiger partial charge is 0.0361 e. The summed E-state index contributed by atoms with van der Waals surface area (Å²) in [5.74, 6) is 1.20. The predicted molar refractivity (Wildman–Crippen MR) is 79.9 cm³/mol. The van der Waals surface area contributed by atoms with E-state index in [2.05, 4.69) is 62.4 Å². The van der Waals surface area contributed by atoms with Gasteiger partial charge in [-0.15, -0.1) is 0 Å². The SMILES string of the molecule is CC(C)C(CN)CNCc1ccc(N(C)C)cc1. The van der Waals surface area contributed by atoms with Crippen LogP contribution in [0.4, 0.5) is 5.69 Å². The molecule has 0 bridgehead atoms. The summed E-state index contributed by atoms with van der Waals surface area (Å²) < 4.78 is 0. The summed E-state index contributed by atoms with van der Waals surface area (Å²) >= 11 is 0. The Kier molecular flexibility index (Phi) is 6.16. The number of anilines is 1. The third-order valence-electron chi connectivity index (χ3n) is 3.43. The van der Waals surface area contributed by atoms with E-state index in [0.29, 0.717) is 11.8 Å². The molecule has 102 valence electrons. The normalized spacial score (nSPS) is 12.8. The lowest BCUT2D eigenvalue weighted by Gasteiger charge is -2.19. The molecule has 0 radical (unpaired) electrons. The van der Waals surface area contributed by atoms with Gasteiger partial charge in [0, 0.05) is 26.3 Å². The van der Waals surface area contributed by atoms with Gasteiger partial charge in [-0.05, 0) is 42.6 Å². The average molecular weight is 249 g/mol. The maximum Gasteiger partial charge on any atom is 0.0361 e. The standard InChI is InChI=1S/C15H27N3/c1-12(2)14(9-16)11-17-10-13-5-7-15(8-6-13)18(3)4/h5-8,12,14,17H,9-11,16H2,1-4H3. The van der Waals surface area contributed by atoms with Crippen molar-refractivity contribution in [1.82, 2.24) is 5.32 Å². The minimum atomic E-state index is 0.561. The van der Waals surface area contributed by atoms with Crippen LogP contribution < -0.4 is 16.0 Å². The second kappa shape index (κ2) is 7.39. The van der Waals surface area contributed by atoms with Crippen molar-refractivity contribution in [2.45, 2.75) is 20.4 Å². The Balaban J connectivity index is 2.39. The number of nitrogens with two attached hydrogens (primary N) is 1. The van der Waals surface area contributed by atoms with Crippen LogP contribution in [0.2, 0.25) is 0 Å². The third kappa shape index (κ3) is 4.67. The highest BCUT2D eigenvalue weighted by Gasteiger charge is 2.10. The first kappa shape index (κ1) is 15.0. The summed E-state index contributed by atoms with van der Waals surface area (Å²) in [5.41, 5.74) is 8.32. The molecule has 3 nitrogen and oxygen atoms in total. The zero-order valence-electron chi connectivity index (χ0n) is 12.1. The van der Waals surface area contributed by atoms with E-state index in [0.717, 1.165) is 19.6 Å². The Morgan fingerprint density at radius 2 is 1.78 bits per heavy atom. The second-order valence-electron chi connectivity index (χ2n) is 5.43. The summed E-state index contributed by atoms with van der Waals surface area (Å²) in [6, 6.07) is 8.66. The van der Waals surface area contributed by atoms with Crippen molar-refractivity contribution in [1.29, 1.82) is 0 Å². The molecule has 1 aromatic carbocycles. The molecule has 0 heterocycles. The molecule has 0 saturated heterocycles. The monoisotopic (exact) mass is 249 g/mol. The molecule has 3 N–H and O–H groups in total. The molecule has 1 unspecified atom stereocenters. The highest BCUT2D eigenvalue weighted by molar-refractivity contribution is 5.45. The van der Waals surface area contributed by atoms with E-state index in [4.69, 9.17) is 5.73 Å². The molecule has 1 atom stereocenters. The van der Waals surface area contributed by atoms with Crippen molar-refractivity contribution < 1.29 is 0 Å². The van der Waals surface area contributed by atoms with Crippen molar-refractivity contribution in [2.75, 3.05) is 32.1 Å². The van der Waals surface area contributed by atoms with Crippen LogP contribution in [0.5, 0.6) is 0 Å². The number of nitrogens with one attached hydrogen (secondary N) is 1. The highest BCUT2D eigenvalue weighted by Crippen LogP contribution is 2.12. The van der Waals surface area contributed by atoms with Crippen molar-refractivity contribution in [3.05, 3.63) is 29.8 Å². The molecule has 3 heteroatoms. The molecule has 0 aliphatic heterocycles. The molecule has 0 aliphatic rings. The van der Waals surface area contributed by atoms with E-state index in [1.807, 2.05) is 0 Å². The van der Waals surface area contributed by atoms with E-state index in [-0.39, 0.29) is 0 Å². The fourth-order valence-corrected chi connectivity index (χ4v) is 1.91. The topological polar surface area (TPSA) is 41.3 Å². The maximum atomic E-state index is 5.76. The number of hydrogen-bond acceptors (Lipinski definition) is 3. The molecule has 0 spiro atoms. The summed E-state index contributed by atoms with van der Waals surface area (Å²) in [6.45, 7) is 7.11. The quantitative estimate of drug-likeness (QED) is 0.777. The Morgan fingerprint density at radius 1 is 1.17 bits per heavy atom. The van der Waals surface area contributed by atoms with E-state index in [1.165, 1.54) is 11.3 Å². The number of hydrogen-bond donors (Lipinski definition) is 2. The fraction of sp³-hybridized carbons (Fsp3) is 0.600. The molecule has 0 aromatic heterocycles. The zero-order valence-corrected chi connectivity index (χ0v) is 12.1. The van der Waals surface area contributed by atoms with Crippen molar-refractivity contribution >= 4 is 5.69 Å². The van der Waals surface area contributed by atoms with Gasteiger partial charge in [0.15, 0.2) is 0 Å². The Labute approximate surface area is 111 Å². The number of benzene rings is 1. The first-order valence-corrected chi connectivity index (χ1v) is 6.71. The minimum absolute atomic E-state index is 0.561. The Hall–Kier alpha value is -1.06. The van der Waals surface area contributed by atoms with E-state index in [9.17, 15) is 0 Å². The van der Waals surface area contributed by atoms with Gasteiger partial charge in [0.25, 0.3) is 0 Å². The van der Waals surface area contributed by atoms with Crippen molar-refractivity contribution in [3.8, 4) is 0 Å². The zero-order chi connectivity index (χ0) is 13.5. The van der Waals surface area contributed by atoms with Crippen molar-refractivity contribution in [3.63, 3.8) is 0 Å². The van der Waals surface area contributed by atoms with Crippen LogP contribution in [-0.4, -0.2) is 27.2 Å². The van der Waals surface area contributed by atoms with Crippen molar-refractivity contribution in [2.24, 2.45) is 17.6 Å². The first-order valence-electron chi connectivity index (χ1n) is 6.71. The highest BCUT2D eigenvalue weighted by atomic mass is 15.1. The lowest BCUT2D eigenvalue weighted by molar-refractivity contribution is 0.370. The van der Waals surface area contributed by atoms with Crippen LogP contribution >= 0.6 is 0 Å². The lowest BCUT2D eigenvalue weighted by Crippen LogP contribution is -2.31. The molecule has 0 aliphatic carbocycles. The van der Waals surface area contributed by atoms with Crippen LogP contribution in [0, 0.1) is 11.8 Å². The second-order valence-corrected chi connectivity index (χ2v) is 5.43. The van der Waals surface area contributed by atoms with Gasteiger partial charge >= 0.3 is 0 Å². The van der Waals surface area contributed by atoms with Gasteiger partial charge in [-0.1, -0.05) is 26.0 Å². The first-order chi connectivity index (χ1) is 8.54. The predicted octanol–water partition coefficient (Wildman–Crippen LogP) is 2.07. The molecule has 0 amide bonds. The van der Waals surface area contributed by atoms with Crippen LogP contribution in [0.3, 0.4) is 0 Å². The van der Waals surface area contributed by atoms with Gasteiger partial charge < -0.3 is 16.0 Å². The summed E-state index contributed by atoms with van der Waals surface area (Å²) in [4.78, 5) is 2.11. The van der Waals surface area contributed by atoms with E-state index >= 15 is 0 Å². The molecule has 0 fully saturated rings. The Morgan fingerprint density at radius 3 is 2.22 bits per heavy atom. The molecule has 0 saturated carbocycles. The average Bonchev–Trinajstić information content (AvgIpc) is 2.34. The minimum Gasteiger partial charge on any atom is -0.378 e. The van der Waals surface area contributed by atoms with Gasteiger partial charge in [-0.3, -0.25) is 0 Å². The van der Waals surface area contributed by atoms with E-state index in [1.54, 1.807) is 0 Å². The summed E-state index contributed by atoms with van der Waals surface area (Å²) in [6.07, 6.45) is 0. The number of rotatable bonds is 7. The molecule has 1 rings (SSSR count). The van der Waals surface area contributed by atoms with E-state index < -0.39 is 0 Å². The van der Waals surface area contributed by atoms with Crippen LogP contribution in [0.15, 0.2) is 24.3 Å². The van der Waals surface area contributed by atoms with Gasteiger partial charge in [0.2, 0.25) is 0 Å². The molecule has 1 aromatic rings. The van der Waals surface area contributed by atoms with Crippen LogP contribution in [0.1, 0.15) is 19.4 Å². The van der Waals surface area contributed by atoms with Crippen LogP contribution in [0.25, 0.3) is 0 Å². The summed E-state index contributed by atoms with van der Waals surface area (Å²) in [5, 5.41) is 3.49. The number of nitrogens with zero attached hydrogens (tertiary/aromatic N) is 1. The summed E-state index contributed by atoms with van der Waals surface area (Å²) in [7, 11) is 4.11. The van der Waals surface area contributed by atoms with Gasteiger partial charge in [0.05, 0.1) is 0 Å². The van der Waals surface area contributed by atoms with Crippen LogP contribution in [-0.2, 0) is 6.54 Å². The maximum absolute atomic E-state index is 5.76. The molecular weight excluding hydrogens is 222 g/mol. The third-order valence-corrected chi connectivity index (χ3v) is 3.43. The molecule has 18 heavy (non-hydrogen) atoms. The lowest BCUT2D eigenvalue weighted by atomic mass is 9.96. The largest absolute Gasteiger partial charge is 0.378 e. The molecular formula is C15H27N3. The fourth-order valence-electron chi connectivity index (χ4n) is 1.91.